The third-order valence-electron chi connectivity index (χ3n) is 2.46. The maximum atomic E-state index is 13.1. The first-order valence-corrected chi connectivity index (χ1v) is 5.60. The summed E-state index contributed by atoms with van der Waals surface area (Å²) in [6.07, 6.45) is 1.66. The van der Waals surface area contributed by atoms with Gasteiger partial charge >= 0.3 is 0 Å². The molecule has 2 aromatic rings. The van der Waals surface area contributed by atoms with Crippen LogP contribution in [0.15, 0.2) is 42.6 Å². The van der Waals surface area contributed by atoms with E-state index in [0.717, 1.165) is 11.3 Å². The van der Waals surface area contributed by atoms with E-state index in [-0.39, 0.29) is 5.82 Å². The van der Waals surface area contributed by atoms with Gasteiger partial charge in [-0.1, -0.05) is 17.7 Å². The van der Waals surface area contributed by atoms with Crippen molar-refractivity contribution in [2.45, 2.75) is 6.54 Å². The first-order chi connectivity index (χ1) is 8.15. The Kier molecular flexibility index (Phi) is 3.59. The fourth-order valence-corrected chi connectivity index (χ4v) is 1.82. The van der Waals surface area contributed by atoms with Crippen molar-refractivity contribution >= 4 is 17.3 Å². The van der Waals surface area contributed by atoms with E-state index in [0.29, 0.717) is 11.7 Å². The number of rotatable bonds is 3. The van der Waals surface area contributed by atoms with Gasteiger partial charge in [0.2, 0.25) is 0 Å². The molecule has 0 fully saturated rings. The third-order valence-corrected chi connectivity index (χ3v) is 2.67. The molecule has 1 aromatic heterocycles. The Labute approximate surface area is 105 Å². The minimum absolute atomic E-state index is 0.234. The van der Waals surface area contributed by atoms with Crippen LogP contribution in [0, 0.1) is 5.82 Å². The van der Waals surface area contributed by atoms with Crippen LogP contribution in [0.5, 0.6) is 0 Å². The van der Waals surface area contributed by atoms with Crippen molar-refractivity contribution in [3.05, 3.63) is 59.1 Å². The number of halogens is 2. The largest absolute Gasteiger partial charge is 0.370 e. The quantitative estimate of drug-likeness (QED) is 0.775. The van der Waals surface area contributed by atoms with E-state index in [4.69, 9.17) is 11.6 Å². The van der Waals surface area contributed by atoms with Gasteiger partial charge in [-0.2, -0.15) is 0 Å². The average Bonchev–Trinajstić information content (AvgIpc) is 2.29. The molecule has 0 aliphatic heterocycles. The zero-order valence-electron chi connectivity index (χ0n) is 9.40. The van der Waals surface area contributed by atoms with Crippen LogP contribution in [0.1, 0.15) is 5.56 Å². The average molecular weight is 251 g/mol. The topological polar surface area (TPSA) is 16.1 Å². The Morgan fingerprint density at radius 3 is 2.82 bits per heavy atom. The van der Waals surface area contributed by atoms with Gasteiger partial charge in [-0.3, -0.25) is 0 Å². The lowest BCUT2D eigenvalue weighted by atomic mass is 10.2. The Bertz CT molecular complexity index is 516. The van der Waals surface area contributed by atoms with Gasteiger partial charge in [0, 0.05) is 25.5 Å². The summed E-state index contributed by atoms with van der Waals surface area (Å²) in [7, 11) is 1.91. The number of hydrogen-bond acceptors (Lipinski definition) is 2. The highest BCUT2D eigenvalue weighted by atomic mass is 35.5. The Hall–Kier alpha value is -1.61. The van der Waals surface area contributed by atoms with Crippen molar-refractivity contribution < 1.29 is 4.39 Å². The SMILES string of the molecule is CN(Cc1ccnc(Cl)c1)c1cccc(F)c1. The summed E-state index contributed by atoms with van der Waals surface area (Å²) in [5.74, 6) is -0.234. The highest BCUT2D eigenvalue weighted by molar-refractivity contribution is 6.29. The number of pyridine rings is 1. The van der Waals surface area contributed by atoms with E-state index >= 15 is 0 Å². The van der Waals surface area contributed by atoms with Gasteiger partial charge in [0.1, 0.15) is 11.0 Å². The molecule has 0 N–H and O–H groups in total. The lowest BCUT2D eigenvalue weighted by Gasteiger charge is -2.19. The van der Waals surface area contributed by atoms with Crippen LogP contribution >= 0.6 is 11.6 Å². The smallest absolute Gasteiger partial charge is 0.129 e. The van der Waals surface area contributed by atoms with E-state index in [2.05, 4.69) is 4.98 Å². The normalized spacial score (nSPS) is 10.3. The first kappa shape index (κ1) is 11.9. The van der Waals surface area contributed by atoms with Crippen LogP contribution in [0.25, 0.3) is 0 Å². The molecule has 0 bridgehead atoms. The van der Waals surface area contributed by atoms with Gasteiger partial charge < -0.3 is 4.90 Å². The van der Waals surface area contributed by atoms with Crippen LogP contribution in [0.2, 0.25) is 5.15 Å². The van der Waals surface area contributed by atoms with Crippen LogP contribution < -0.4 is 4.90 Å². The van der Waals surface area contributed by atoms with Gasteiger partial charge in [0.15, 0.2) is 0 Å². The van der Waals surface area contributed by atoms with Gasteiger partial charge in [-0.05, 0) is 35.9 Å². The number of benzene rings is 1. The summed E-state index contributed by atoms with van der Waals surface area (Å²) < 4.78 is 13.1. The molecule has 0 radical (unpaired) electrons. The van der Waals surface area contributed by atoms with Gasteiger partial charge in [0.25, 0.3) is 0 Å². The van der Waals surface area contributed by atoms with Gasteiger partial charge in [0.05, 0.1) is 0 Å². The second-order valence-corrected chi connectivity index (χ2v) is 4.21. The van der Waals surface area contributed by atoms with Crippen molar-refractivity contribution in [1.29, 1.82) is 0 Å². The van der Waals surface area contributed by atoms with E-state index in [1.807, 2.05) is 24.1 Å². The summed E-state index contributed by atoms with van der Waals surface area (Å²) in [6.45, 7) is 0.658. The molecule has 0 saturated carbocycles. The molecule has 0 atom stereocenters. The van der Waals surface area contributed by atoms with E-state index < -0.39 is 0 Å². The maximum absolute atomic E-state index is 13.1. The fraction of sp³-hybridized carbons (Fsp3) is 0.154. The number of anilines is 1. The molecular formula is C13H12ClFN2. The first-order valence-electron chi connectivity index (χ1n) is 5.22. The molecule has 4 heteroatoms. The van der Waals surface area contributed by atoms with Crippen molar-refractivity contribution in [1.82, 2.24) is 4.98 Å². The summed E-state index contributed by atoms with van der Waals surface area (Å²) in [5.41, 5.74) is 1.87. The lowest BCUT2D eigenvalue weighted by molar-refractivity contribution is 0.627. The molecule has 0 amide bonds. The molecule has 0 saturated heterocycles. The van der Waals surface area contributed by atoms with Crippen LogP contribution in [-0.2, 0) is 6.54 Å². The molecule has 2 rings (SSSR count). The zero-order valence-corrected chi connectivity index (χ0v) is 10.2. The summed E-state index contributed by atoms with van der Waals surface area (Å²) >= 11 is 5.81. The maximum Gasteiger partial charge on any atom is 0.129 e. The van der Waals surface area contributed by atoms with Crippen molar-refractivity contribution in [2.75, 3.05) is 11.9 Å². The molecule has 1 aromatic carbocycles. The molecule has 17 heavy (non-hydrogen) atoms. The van der Waals surface area contributed by atoms with Gasteiger partial charge in [-0.15, -0.1) is 0 Å². The number of nitrogens with zero attached hydrogens (tertiary/aromatic N) is 2. The molecule has 0 aliphatic rings. The molecule has 0 spiro atoms. The molecule has 0 aliphatic carbocycles. The van der Waals surface area contributed by atoms with Crippen molar-refractivity contribution in [2.24, 2.45) is 0 Å². The van der Waals surface area contributed by atoms with E-state index in [9.17, 15) is 4.39 Å². The highest BCUT2D eigenvalue weighted by Crippen LogP contribution is 2.17. The van der Waals surface area contributed by atoms with E-state index in [1.54, 1.807) is 18.3 Å². The molecular weight excluding hydrogens is 239 g/mol. The Balaban J connectivity index is 2.14. The zero-order chi connectivity index (χ0) is 12.3. The molecule has 0 unspecified atom stereocenters. The summed E-state index contributed by atoms with van der Waals surface area (Å²) in [5, 5.41) is 0.468. The van der Waals surface area contributed by atoms with Crippen LogP contribution in [0.3, 0.4) is 0 Å². The minimum Gasteiger partial charge on any atom is -0.370 e. The third kappa shape index (κ3) is 3.17. The summed E-state index contributed by atoms with van der Waals surface area (Å²) in [6, 6.07) is 10.2. The monoisotopic (exact) mass is 250 g/mol. The molecule has 2 nitrogen and oxygen atoms in total. The van der Waals surface area contributed by atoms with Crippen LogP contribution in [-0.4, -0.2) is 12.0 Å². The van der Waals surface area contributed by atoms with E-state index in [1.165, 1.54) is 12.1 Å². The van der Waals surface area contributed by atoms with Gasteiger partial charge in [-0.25, -0.2) is 9.37 Å². The number of hydrogen-bond donors (Lipinski definition) is 0. The minimum atomic E-state index is -0.234. The number of aromatic nitrogens is 1. The summed E-state index contributed by atoms with van der Waals surface area (Å²) in [4.78, 5) is 5.87. The molecule has 1 heterocycles. The molecule has 88 valence electrons. The van der Waals surface area contributed by atoms with Crippen LogP contribution in [0.4, 0.5) is 10.1 Å². The highest BCUT2D eigenvalue weighted by Gasteiger charge is 2.03. The predicted molar refractivity (Wildman–Crippen MR) is 67.8 cm³/mol. The second kappa shape index (κ2) is 5.15. The van der Waals surface area contributed by atoms with Crippen molar-refractivity contribution in [3.63, 3.8) is 0 Å². The predicted octanol–water partition coefficient (Wildman–Crippen LogP) is 3.51. The fourth-order valence-electron chi connectivity index (χ4n) is 1.62. The lowest BCUT2D eigenvalue weighted by Crippen LogP contribution is -2.16. The standard InChI is InChI=1S/C13H12ClFN2/c1-17(12-4-2-3-11(15)8-12)9-10-5-6-16-13(14)7-10/h2-8H,9H2,1H3. The second-order valence-electron chi connectivity index (χ2n) is 3.82. The Morgan fingerprint density at radius 2 is 2.12 bits per heavy atom. The van der Waals surface area contributed by atoms with Crippen molar-refractivity contribution in [3.8, 4) is 0 Å². The Morgan fingerprint density at radius 1 is 1.29 bits per heavy atom.